The maximum Gasteiger partial charge on any atom is 0.169 e. The summed E-state index contributed by atoms with van der Waals surface area (Å²) in [4.78, 5) is 1.73. The molecule has 0 unspecified atom stereocenters. The predicted molar refractivity (Wildman–Crippen MR) is 76.2 cm³/mol. The van der Waals surface area contributed by atoms with Crippen LogP contribution in [-0.2, 0) is 9.47 Å². The van der Waals surface area contributed by atoms with Crippen LogP contribution in [0.1, 0.15) is 0 Å². The lowest BCUT2D eigenvalue weighted by Gasteiger charge is -2.26. The molecule has 7 heteroatoms. The highest BCUT2D eigenvalue weighted by atomic mass is 35.5. The minimum Gasteiger partial charge on any atom is -0.397 e. The number of halogens is 2. The number of anilines is 3. The fourth-order valence-electron chi connectivity index (χ4n) is 1.72. The van der Waals surface area contributed by atoms with E-state index >= 15 is 0 Å². The predicted octanol–water partition coefficient (Wildman–Crippen LogP) is 1.74. The summed E-state index contributed by atoms with van der Waals surface area (Å²) in [7, 11) is 3.15. The number of ether oxygens (including phenoxy) is 2. The Morgan fingerprint density at radius 1 is 1.16 bits per heavy atom. The SMILES string of the molecule is COCCN(CCOC)c1c(N)cc(N)c(Cl)c1F. The molecular formula is C12H19ClFN3O2. The largest absolute Gasteiger partial charge is 0.397 e. The number of benzene rings is 1. The average molecular weight is 292 g/mol. The molecule has 0 heterocycles. The van der Waals surface area contributed by atoms with Gasteiger partial charge in [-0.25, -0.2) is 4.39 Å². The molecule has 0 aliphatic heterocycles. The smallest absolute Gasteiger partial charge is 0.169 e. The molecule has 0 fully saturated rings. The molecule has 0 radical (unpaired) electrons. The van der Waals surface area contributed by atoms with Crippen molar-refractivity contribution >= 4 is 28.7 Å². The molecule has 19 heavy (non-hydrogen) atoms. The molecule has 0 spiro atoms. The van der Waals surface area contributed by atoms with E-state index in [1.807, 2.05) is 0 Å². The van der Waals surface area contributed by atoms with Crippen LogP contribution < -0.4 is 16.4 Å². The highest BCUT2D eigenvalue weighted by Gasteiger charge is 2.19. The van der Waals surface area contributed by atoms with Crippen LogP contribution in [-0.4, -0.2) is 40.5 Å². The monoisotopic (exact) mass is 291 g/mol. The molecule has 0 amide bonds. The number of methoxy groups -OCH3 is 2. The van der Waals surface area contributed by atoms with Gasteiger partial charge in [0.2, 0.25) is 0 Å². The molecule has 0 saturated heterocycles. The third kappa shape index (κ3) is 3.86. The summed E-state index contributed by atoms with van der Waals surface area (Å²) in [5.74, 6) is -0.619. The Kier molecular flexibility index (Phi) is 6.14. The molecule has 0 saturated carbocycles. The van der Waals surface area contributed by atoms with E-state index in [4.69, 9.17) is 32.5 Å². The van der Waals surface area contributed by atoms with Gasteiger partial charge in [-0.2, -0.15) is 0 Å². The molecule has 5 nitrogen and oxygen atoms in total. The summed E-state index contributed by atoms with van der Waals surface area (Å²) in [5, 5.41) is -0.121. The van der Waals surface area contributed by atoms with Crippen LogP contribution in [0.25, 0.3) is 0 Å². The first-order valence-corrected chi connectivity index (χ1v) is 6.16. The van der Waals surface area contributed by atoms with Crippen molar-refractivity contribution in [3.8, 4) is 0 Å². The number of hydrogen-bond donors (Lipinski definition) is 2. The van der Waals surface area contributed by atoms with Crippen molar-refractivity contribution in [2.75, 3.05) is 56.9 Å². The number of nitrogens with two attached hydrogens (primary N) is 2. The number of hydrogen-bond acceptors (Lipinski definition) is 5. The molecule has 1 rings (SSSR count). The summed E-state index contributed by atoms with van der Waals surface area (Å²) in [5.41, 5.74) is 12.0. The summed E-state index contributed by atoms with van der Waals surface area (Å²) in [6, 6.07) is 1.45. The van der Waals surface area contributed by atoms with Crippen LogP contribution in [0.4, 0.5) is 21.5 Å². The van der Waals surface area contributed by atoms with Gasteiger partial charge >= 0.3 is 0 Å². The summed E-state index contributed by atoms with van der Waals surface area (Å²) >= 11 is 5.82. The second-order valence-electron chi connectivity index (χ2n) is 4.00. The minimum absolute atomic E-state index is 0.121. The van der Waals surface area contributed by atoms with Crippen LogP contribution in [0.15, 0.2) is 6.07 Å². The van der Waals surface area contributed by atoms with Gasteiger partial charge in [0, 0.05) is 27.3 Å². The van der Waals surface area contributed by atoms with Gasteiger partial charge in [-0.1, -0.05) is 11.6 Å². The molecule has 0 aliphatic carbocycles. The number of nitrogen functional groups attached to an aromatic ring is 2. The lowest BCUT2D eigenvalue weighted by molar-refractivity contribution is 0.190. The van der Waals surface area contributed by atoms with Crippen LogP contribution >= 0.6 is 11.6 Å². The van der Waals surface area contributed by atoms with Crippen LogP contribution in [0.3, 0.4) is 0 Å². The molecule has 0 atom stereocenters. The quantitative estimate of drug-likeness (QED) is 0.749. The molecule has 0 bridgehead atoms. The number of nitrogens with zero attached hydrogens (tertiary/aromatic N) is 1. The van der Waals surface area contributed by atoms with E-state index in [9.17, 15) is 4.39 Å². The third-order valence-corrected chi connectivity index (χ3v) is 3.07. The van der Waals surface area contributed by atoms with Gasteiger partial charge in [-0.15, -0.1) is 0 Å². The molecule has 0 aliphatic rings. The highest BCUT2D eigenvalue weighted by Crippen LogP contribution is 2.36. The van der Waals surface area contributed by atoms with E-state index in [2.05, 4.69) is 0 Å². The lowest BCUT2D eigenvalue weighted by atomic mass is 10.2. The van der Waals surface area contributed by atoms with Crippen molar-refractivity contribution in [1.82, 2.24) is 0 Å². The van der Waals surface area contributed by atoms with E-state index in [0.717, 1.165) is 0 Å². The van der Waals surface area contributed by atoms with E-state index in [0.29, 0.717) is 26.3 Å². The fraction of sp³-hybridized carbons (Fsp3) is 0.500. The lowest BCUT2D eigenvalue weighted by Crippen LogP contribution is -2.32. The zero-order valence-electron chi connectivity index (χ0n) is 11.1. The standard InChI is InChI=1S/C12H19ClFN3O2/c1-18-5-3-17(4-6-19-2)12-9(16)7-8(15)10(13)11(12)14/h7H,3-6,15-16H2,1-2H3. The van der Waals surface area contributed by atoms with E-state index < -0.39 is 5.82 Å². The zero-order valence-corrected chi connectivity index (χ0v) is 11.8. The molecule has 1 aromatic rings. The Morgan fingerprint density at radius 2 is 1.68 bits per heavy atom. The van der Waals surface area contributed by atoms with Gasteiger partial charge in [-0.3, -0.25) is 0 Å². The zero-order chi connectivity index (χ0) is 14.4. The van der Waals surface area contributed by atoms with Gasteiger partial charge < -0.3 is 25.8 Å². The fourth-order valence-corrected chi connectivity index (χ4v) is 1.86. The first kappa shape index (κ1) is 15.8. The summed E-state index contributed by atoms with van der Waals surface area (Å²) < 4.78 is 24.2. The Balaban J connectivity index is 3.09. The van der Waals surface area contributed by atoms with Crippen molar-refractivity contribution < 1.29 is 13.9 Å². The van der Waals surface area contributed by atoms with Crippen LogP contribution in [0.5, 0.6) is 0 Å². The topological polar surface area (TPSA) is 73.7 Å². The van der Waals surface area contributed by atoms with Crippen molar-refractivity contribution in [3.05, 3.63) is 16.9 Å². The van der Waals surface area contributed by atoms with Gasteiger partial charge in [-0.05, 0) is 6.07 Å². The Morgan fingerprint density at radius 3 is 2.16 bits per heavy atom. The van der Waals surface area contributed by atoms with Crippen molar-refractivity contribution in [3.63, 3.8) is 0 Å². The van der Waals surface area contributed by atoms with E-state index in [1.165, 1.54) is 6.07 Å². The Bertz CT molecular complexity index is 424. The van der Waals surface area contributed by atoms with Crippen molar-refractivity contribution in [2.24, 2.45) is 0 Å². The van der Waals surface area contributed by atoms with Crippen molar-refractivity contribution in [2.45, 2.75) is 0 Å². The molecule has 0 aromatic heterocycles. The normalized spacial score (nSPS) is 10.7. The molecule has 1 aromatic carbocycles. The number of rotatable bonds is 7. The first-order valence-electron chi connectivity index (χ1n) is 5.78. The maximum absolute atomic E-state index is 14.2. The van der Waals surface area contributed by atoms with E-state index in [-0.39, 0.29) is 22.1 Å². The minimum atomic E-state index is -0.619. The summed E-state index contributed by atoms with van der Waals surface area (Å²) in [6.07, 6.45) is 0. The Hall–Kier alpha value is -1.24. The second kappa shape index (κ2) is 7.37. The van der Waals surface area contributed by atoms with Crippen LogP contribution in [0, 0.1) is 5.82 Å². The third-order valence-electron chi connectivity index (χ3n) is 2.69. The van der Waals surface area contributed by atoms with Gasteiger partial charge in [0.25, 0.3) is 0 Å². The highest BCUT2D eigenvalue weighted by molar-refractivity contribution is 6.33. The van der Waals surface area contributed by atoms with Crippen LogP contribution in [0.2, 0.25) is 5.02 Å². The maximum atomic E-state index is 14.2. The average Bonchev–Trinajstić information content (AvgIpc) is 2.38. The molecular weight excluding hydrogens is 273 g/mol. The molecule has 108 valence electrons. The first-order chi connectivity index (χ1) is 9.02. The van der Waals surface area contributed by atoms with Crippen molar-refractivity contribution in [1.29, 1.82) is 0 Å². The van der Waals surface area contributed by atoms with Gasteiger partial charge in [0.1, 0.15) is 5.02 Å². The summed E-state index contributed by atoms with van der Waals surface area (Å²) in [6.45, 7) is 1.82. The van der Waals surface area contributed by atoms with Gasteiger partial charge in [0.05, 0.1) is 30.3 Å². The van der Waals surface area contributed by atoms with Gasteiger partial charge in [0.15, 0.2) is 5.82 Å². The second-order valence-corrected chi connectivity index (χ2v) is 4.38. The molecule has 4 N–H and O–H groups in total. The van der Waals surface area contributed by atoms with E-state index in [1.54, 1.807) is 19.1 Å². The Labute approximate surface area is 117 Å².